The van der Waals surface area contributed by atoms with Crippen LogP contribution in [-0.2, 0) is 11.2 Å². The first-order valence-electron chi connectivity index (χ1n) is 5.34. The van der Waals surface area contributed by atoms with Crippen LogP contribution < -0.4 is 0 Å². The molecular formula is C11H10N4O3. The molecule has 0 unspecified atom stereocenters. The molecule has 0 aliphatic heterocycles. The first-order chi connectivity index (χ1) is 8.63. The number of carboxylic acids is 1. The van der Waals surface area contributed by atoms with Crippen LogP contribution in [0, 0.1) is 6.92 Å². The van der Waals surface area contributed by atoms with Crippen molar-refractivity contribution in [3.05, 3.63) is 29.8 Å². The SMILES string of the molecule is Cc1cc(-c2cn3c(CC(=O)O)cnc3[nH]2)on1. The molecule has 0 saturated heterocycles. The topological polar surface area (TPSA) is 96.4 Å². The zero-order valence-corrected chi connectivity index (χ0v) is 9.54. The summed E-state index contributed by atoms with van der Waals surface area (Å²) in [6, 6.07) is 1.79. The lowest BCUT2D eigenvalue weighted by Crippen LogP contribution is -2.02. The maximum absolute atomic E-state index is 10.7. The fraction of sp³-hybridized carbons (Fsp3) is 0.182. The second-order valence-electron chi connectivity index (χ2n) is 4.01. The maximum atomic E-state index is 10.7. The minimum absolute atomic E-state index is 0.0755. The lowest BCUT2D eigenvalue weighted by Gasteiger charge is -1.92. The van der Waals surface area contributed by atoms with Crippen LogP contribution in [0.1, 0.15) is 11.4 Å². The predicted molar refractivity (Wildman–Crippen MR) is 61.1 cm³/mol. The van der Waals surface area contributed by atoms with Crippen LogP contribution in [-0.4, -0.2) is 30.6 Å². The minimum Gasteiger partial charge on any atom is -0.481 e. The minimum atomic E-state index is -0.893. The van der Waals surface area contributed by atoms with E-state index in [0.717, 1.165) is 5.69 Å². The van der Waals surface area contributed by atoms with E-state index in [1.54, 1.807) is 16.7 Å². The van der Waals surface area contributed by atoms with E-state index in [-0.39, 0.29) is 6.42 Å². The summed E-state index contributed by atoms with van der Waals surface area (Å²) in [5.41, 5.74) is 2.10. The number of carbonyl (C=O) groups is 1. The van der Waals surface area contributed by atoms with Crippen molar-refractivity contribution in [2.75, 3.05) is 0 Å². The normalized spacial score (nSPS) is 11.2. The Kier molecular flexibility index (Phi) is 2.19. The van der Waals surface area contributed by atoms with E-state index >= 15 is 0 Å². The summed E-state index contributed by atoms with van der Waals surface area (Å²) in [5, 5.41) is 12.6. The Bertz CT molecular complexity index is 722. The summed E-state index contributed by atoms with van der Waals surface area (Å²) in [6.07, 6.45) is 3.21. The van der Waals surface area contributed by atoms with E-state index < -0.39 is 5.97 Å². The molecule has 0 amide bonds. The summed E-state index contributed by atoms with van der Waals surface area (Å²) >= 11 is 0. The number of aromatic nitrogens is 4. The first-order valence-corrected chi connectivity index (χ1v) is 5.34. The number of rotatable bonds is 3. The zero-order valence-electron chi connectivity index (χ0n) is 9.54. The van der Waals surface area contributed by atoms with Crippen molar-refractivity contribution in [2.24, 2.45) is 0 Å². The highest BCUT2D eigenvalue weighted by Gasteiger charge is 2.13. The molecule has 0 bridgehead atoms. The molecular weight excluding hydrogens is 236 g/mol. The van der Waals surface area contributed by atoms with E-state index in [4.69, 9.17) is 9.63 Å². The van der Waals surface area contributed by atoms with Crippen LogP contribution >= 0.6 is 0 Å². The summed E-state index contributed by atoms with van der Waals surface area (Å²) < 4.78 is 6.83. The number of H-pyrrole nitrogens is 1. The molecule has 0 atom stereocenters. The van der Waals surface area contributed by atoms with Gasteiger partial charge in [-0.25, -0.2) is 4.98 Å². The number of aliphatic carboxylic acids is 1. The van der Waals surface area contributed by atoms with Gasteiger partial charge in [-0.05, 0) is 6.92 Å². The highest BCUT2D eigenvalue weighted by Crippen LogP contribution is 2.20. The summed E-state index contributed by atoms with van der Waals surface area (Å²) in [4.78, 5) is 17.9. The van der Waals surface area contributed by atoms with Gasteiger partial charge in [0.05, 0.1) is 24.0 Å². The molecule has 3 heterocycles. The van der Waals surface area contributed by atoms with Gasteiger partial charge in [0.25, 0.3) is 0 Å². The molecule has 0 aromatic carbocycles. The smallest absolute Gasteiger partial charge is 0.309 e. The third kappa shape index (κ3) is 1.65. The number of nitrogens with zero attached hydrogens (tertiary/aromatic N) is 3. The number of hydrogen-bond acceptors (Lipinski definition) is 4. The molecule has 0 aliphatic rings. The van der Waals surface area contributed by atoms with Gasteiger partial charge in [0, 0.05) is 12.3 Å². The van der Waals surface area contributed by atoms with Crippen molar-refractivity contribution in [3.8, 4) is 11.5 Å². The number of fused-ring (bicyclic) bond motifs is 1. The van der Waals surface area contributed by atoms with Crippen LogP contribution in [0.2, 0.25) is 0 Å². The van der Waals surface area contributed by atoms with E-state index in [1.165, 1.54) is 6.20 Å². The van der Waals surface area contributed by atoms with Crippen molar-refractivity contribution in [1.82, 2.24) is 19.5 Å². The van der Waals surface area contributed by atoms with Crippen molar-refractivity contribution in [3.63, 3.8) is 0 Å². The van der Waals surface area contributed by atoms with E-state index in [0.29, 0.717) is 22.9 Å². The van der Waals surface area contributed by atoms with Gasteiger partial charge in [0.15, 0.2) is 5.76 Å². The summed E-state index contributed by atoms with van der Waals surface area (Å²) in [5.74, 6) is 0.282. The Labute approximate surface area is 101 Å². The van der Waals surface area contributed by atoms with Gasteiger partial charge in [0.1, 0.15) is 5.69 Å². The highest BCUT2D eigenvalue weighted by atomic mass is 16.5. The molecule has 0 spiro atoms. The van der Waals surface area contributed by atoms with Crippen LogP contribution in [0.5, 0.6) is 0 Å². The number of imidazole rings is 2. The summed E-state index contributed by atoms with van der Waals surface area (Å²) in [6.45, 7) is 1.83. The third-order valence-corrected chi connectivity index (χ3v) is 2.60. The molecule has 3 aromatic rings. The van der Waals surface area contributed by atoms with E-state index in [9.17, 15) is 4.79 Å². The average Bonchev–Trinajstić information content (AvgIpc) is 2.94. The van der Waals surface area contributed by atoms with Crippen LogP contribution in [0.15, 0.2) is 23.0 Å². The van der Waals surface area contributed by atoms with Gasteiger partial charge in [-0.1, -0.05) is 5.16 Å². The second kappa shape index (κ2) is 3.73. The number of aromatic amines is 1. The Morgan fingerprint density at radius 2 is 2.44 bits per heavy atom. The number of hydrogen-bond donors (Lipinski definition) is 2. The quantitative estimate of drug-likeness (QED) is 0.725. The highest BCUT2D eigenvalue weighted by molar-refractivity contribution is 5.70. The maximum Gasteiger partial charge on any atom is 0.309 e. The molecule has 0 fully saturated rings. The lowest BCUT2D eigenvalue weighted by atomic mass is 10.3. The molecule has 7 nitrogen and oxygen atoms in total. The number of nitrogens with one attached hydrogen (secondary N) is 1. The third-order valence-electron chi connectivity index (χ3n) is 2.60. The zero-order chi connectivity index (χ0) is 12.7. The van der Waals surface area contributed by atoms with Crippen LogP contribution in [0.25, 0.3) is 17.2 Å². The molecule has 0 aliphatic carbocycles. The fourth-order valence-corrected chi connectivity index (χ4v) is 1.82. The molecule has 18 heavy (non-hydrogen) atoms. The van der Waals surface area contributed by atoms with E-state index in [2.05, 4.69) is 15.1 Å². The largest absolute Gasteiger partial charge is 0.481 e. The van der Waals surface area contributed by atoms with Gasteiger partial charge in [-0.3, -0.25) is 9.20 Å². The second-order valence-corrected chi connectivity index (χ2v) is 4.01. The number of carboxylic acid groups (broad SMARTS) is 1. The molecule has 92 valence electrons. The summed E-state index contributed by atoms with van der Waals surface area (Å²) in [7, 11) is 0. The van der Waals surface area contributed by atoms with Crippen LogP contribution in [0.4, 0.5) is 0 Å². The van der Waals surface area contributed by atoms with Gasteiger partial charge in [-0.2, -0.15) is 0 Å². The molecule has 7 heteroatoms. The molecule has 3 rings (SSSR count). The van der Waals surface area contributed by atoms with Gasteiger partial charge < -0.3 is 14.6 Å². The standard InChI is InChI=1S/C11H10N4O3/c1-6-2-9(18-14-6)8-5-15-7(3-10(16)17)4-12-11(15)13-8/h2,4-5H,3H2,1H3,(H,12,13)(H,16,17). The number of aryl methyl sites for hydroxylation is 1. The van der Waals surface area contributed by atoms with Gasteiger partial charge in [0.2, 0.25) is 5.78 Å². The Balaban J connectivity index is 2.06. The fourth-order valence-electron chi connectivity index (χ4n) is 1.82. The van der Waals surface area contributed by atoms with Crippen molar-refractivity contribution in [2.45, 2.75) is 13.3 Å². The monoisotopic (exact) mass is 246 g/mol. The molecule has 2 N–H and O–H groups in total. The van der Waals surface area contributed by atoms with Crippen molar-refractivity contribution < 1.29 is 14.4 Å². The molecule has 3 aromatic heterocycles. The van der Waals surface area contributed by atoms with Gasteiger partial charge >= 0.3 is 5.97 Å². The van der Waals surface area contributed by atoms with Crippen molar-refractivity contribution in [1.29, 1.82) is 0 Å². The Hall–Kier alpha value is -2.57. The van der Waals surface area contributed by atoms with Crippen molar-refractivity contribution >= 4 is 11.7 Å². The Morgan fingerprint density at radius 3 is 3.11 bits per heavy atom. The van der Waals surface area contributed by atoms with E-state index in [1.807, 2.05) is 6.92 Å². The lowest BCUT2D eigenvalue weighted by molar-refractivity contribution is -0.136. The predicted octanol–water partition coefficient (Wildman–Crippen LogP) is 1.25. The average molecular weight is 246 g/mol. The first kappa shape index (κ1) is 10.6. The molecule has 0 saturated carbocycles. The van der Waals surface area contributed by atoms with Crippen LogP contribution in [0.3, 0.4) is 0 Å². The Morgan fingerprint density at radius 1 is 1.61 bits per heavy atom. The molecule has 0 radical (unpaired) electrons. The van der Waals surface area contributed by atoms with Gasteiger partial charge in [-0.15, -0.1) is 0 Å².